The van der Waals surface area contributed by atoms with Crippen molar-refractivity contribution in [3.8, 4) is 0 Å². The Hall–Kier alpha value is -0.120. The summed E-state index contributed by atoms with van der Waals surface area (Å²) < 4.78 is 5.00. The van der Waals surface area contributed by atoms with E-state index < -0.39 is 0 Å². The zero-order valence-corrected chi connectivity index (χ0v) is 7.13. The van der Waals surface area contributed by atoms with Crippen LogP contribution in [0.25, 0.3) is 0 Å². The molecule has 0 radical (unpaired) electrons. The fourth-order valence-corrected chi connectivity index (χ4v) is 0.826. The molecule has 0 aliphatic rings. The van der Waals surface area contributed by atoms with Crippen LogP contribution in [0.2, 0.25) is 0 Å². The fourth-order valence-electron chi connectivity index (χ4n) is 0.826. The molecule has 0 bridgehead atoms. The van der Waals surface area contributed by atoms with Gasteiger partial charge in [-0.2, -0.15) is 0 Å². The first-order valence-corrected chi connectivity index (χ1v) is 3.65. The molecule has 0 aromatic rings. The molecule has 0 rings (SSSR count). The molecular weight excluding hydrogens is 128 g/mol. The summed E-state index contributed by atoms with van der Waals surface area (Å²) in [6.07, 6.45) is 0. The summed E-state index contributed by atoms with van der Waals surface area (Å²) in [5.74, 6) is 0. The summed E-state index contributed by atoms with van der Waals surface area (Å²) >= 11 is 0. The minimum Gasteiger partial charge on any atom is -0.383 e. The maximum Gasteiger partial charge on any atom is 0.0630 e. The first-order valence-electron chi connectivity index (χ1n) is 3.65. The first-order chi connectivity index (χ1) is 4.76. The second kappa shape index (κ2) is 5.65. The van der Waals surface area contributed by atoms with Crippen molar-refractivity contribution in [1.82, 2.24) is 4.90 Å². The highest BCUT2D eigenvalue weighted by Gasteiger charge is 2.09. The summed E-state index contributed by atoms with van der Waals surface area (Å²) in [5.41, 5.74) is 5.51. The van der Waals surface area contributed by atoms with Crippen LogP contribution in [0, 0.1) is 0 Å². The molecule has 10 heavy (non-hydrogen) atoms. The quantitative estimate of drug-likeness (QED) is 0.589. The van der Waals surface area contributed by atoms with Gasteiger partial charge in [0.05, 0.1) is 6.61 Å². The van der Waals surface area contributed by atoms with Gasteiger partial charge in [-0.25, -0.2) is 0 Å². The van der Waals surface area contributed by atoms with Crippen molar-refractivity contribution in [3.05, 3.63) is 0 Å². The summed E-state index contributed by atoms with van der Waals surface area (Å²) in [7, 11) is 3.75. The number of likely N-dealkylation sites (N-methyl/N-ethyl adjacent to an activating group) is 1. The van der Waals surface area contributed by atoms with Crippen LogP contribution in [-0.2, 0) is 4.74 Å². The number of methoxy groups -OCH3 is 1. The minimum atomic E-state index is 0.370. The molecule has 0 aromatic heterocycles. The van der Waals surface area contributed by atoms with Crippen LogP contribution in [0.1, 0.15) is 6.92 Å². The summed E-state index contributed by atoms with van der Waals surface area (Å²) in [5, 5.41) is 0. The van der Waals surface area contributed by atoms with Crippen molar-refractivity contribution in [3.63, 3.8) is 0 Å². The Morgan fingerprint density at radius 3 is 2.50 bits per heavy atom. The monoisotopic (exact) mass is 146 g/mol. The number of rotatable bonds is 5. The maximum absolute atomic E-state index is 5.51. The van der Waals surface area contributed by atoms with Crippen molar-refractivity contribution < 1.29 is 4.74 Å². The standard InChI is InChI=1S/C7H18N2O/c1-4-9(2)7(5-8)6-10-3/h7H,4-6,8H2,1-3H3. The lowest BCUT2D eigenvalue weighted by Crippen LogP contribution is -2.40. The van der Waals surface area contributed by atoms with Crippen LogP contribution in [0.5, 0.6) is 0 Å². The molecule has 1 unspecified atom stereocenters. The number of nitrogens with two attached hydrogens (primary N) is 1. The maximum atomic E-state index is 5.51. The zero-order chi connectivity index (χ0) is 7.98. The van der Waals surface area contributed by atoms with E-state index in [0.717, 1.165) is 13.2 Å². The molecule has 0 spiro atoms. The lowest BCUT2D eigenvalue weighted by Gasteiger charge is -2.24. The molecule has 2 N–H and O–H groups in total. The molecule has 0 amide bonds. The van der Waals surface area contributed by atoms with Crippen LogP contribution < -0.4 is 5.73 Å². The summed E-state index contributed by atoms with van der Waals surface area (Å²) in [4.78, 5) is 2.18. The summed E-state index contributed by atoms with van der Waals surface area (Å²) in [6.45, 7) is 4.52. The Kier molecular flexibility index (Phi) is 5.58. The minimum absolute atomic E-state index is 0.370. The molecule has 0 saturated carbocycles. The Morgan fingerprint density at radius 1 is 1.60 bits per heavy atom. The molecule has 0 saturated heterocycles. The fraction of sp³-hybridized carbons (Fsp3) is 1.00. The predicted molar refractivity (Wildman–Crippen MR) is 43.0 cm³/mol. The molecule has 62 valence electrons. The number of hydrogen-bond donors (Lipinski definition) is 1. The van der Waals surface area contributed by atoms with E-state index in [1.807, 2.05) is 0 Å². The lowest BCUT2D eigenvalue weighted by molar-refractivity contribution is 0.113. The third-order valence-electron chi connectivity index (χ3n) is 1.75. The van der Waals surface area contributed by atoms with E-state index >= 15 is 0 Å². The molecule has 0 aliphatic carbocycles. The normalized spacial score (nSPS) is 14.1. The lowest BCUT2D eigenvalue weighted by atomic mass is 10.3. The van der Waals surface area contributed by atoms with Gasteiger partial charge < -0.3 is 15.4 Å². The highest BCUT2D eigenvalue weighted by molar-refractivity contribution is 4.66. The van der Waals surface area contributed by atoms with Gasteiger partial charge in [0.15, 0.2) is 0 Å². The third-order valence-corrected chi connectivity index (χ3v) is 1.75. The van der Waals surface area contributed by atoms with E-state index in [1.54, 1.807) is 7.11 Å². The largest absolute Gasteiger partial charge is 0.383 e. The SMILES string of the molecule is CCN(C)C(CN)COC. The van der Waals surface area contributed by atoms with E-state index in [1.165, 1.54) is 0 Å². The first kappa shape index (κ1) is 9.88. The van der Waals surface area contributed by atoms with Crippen LogP contribution in [0.15, 0.2) is 0 Å². The average Bonchev–Trinajstić information content (AvgIpc) is 1.99. The Balaban J connectivity index is 3.56. The van der Waals surface area contributed by atoms with Gasteiger partial charge in [0.25, 0.3) is 0 Å². The van der Waals surface area contributed by atoms with Crippen LogP contribution in [0.3, 0.4) is 0 Å². The Labute approximate surface area is 63.1 Å². The van der Waals surface area contributed by atoms with E-state index in [-0.39, 0.29) is 0 Å². The molecule has 1 atom stereocenters. The van der Waals surface area contributed by atoms with Gasteiger partial charge in [0, 0.05) is 19.7 Å². The highest BCUT2D eigenvalue weighted by atomic mass is 16.5. The van der Waals surface area contributed by atoms with Gasteiger partial charge in [0.2, 0.25) is 0 Å². The summed E-state index contributed by atoms with van der Waals surface area (Å²) in [6, 6.07) is 0.370. The van der Waals surface area contributed by atoms with E-state index in [9.17, 15) is 0 Å². The molecule has 0 fully saturated rings. The predicted octanol–water partition coefficient (Wildman–Crippen LogP) is -0.0882. The van der Waals surface area contributed by atoms with E-state index in [2.05, 4.69) is 18.9 Å². The highest BCUT2D eigenvalue weighted by Crippen LogP contribution is 1.93. The smallest absolute Gasteiger partial charge is 0.0630 e. The number of nitrogens with zero attached hydrogens (tertiary/aromatic N) is 1. The number of hydrogen-bond acceptors (Lipinski definition) is 3. The average molecular weight is 146 g/mol. The van der Waals surface area contributed by atoms with E-state index in [4.69, 9.17) is 10.5 Å². The van der Waals surface area contributed by atoms with Gasteiger partial charge in [-0.15, -0.1) is 0 Å². The van der Waals surface area contributed by atoms with Crippen LogP contribution >= 0.6 is 0 Å². The Morgan fingerprint density at radius 2 is 2.20 bits per heavy atom. The topological polar surface area (TPSA) is 38.5 Å². The van der Waals surface area contributed by atoms with Crippen LogP contribution in [-0.4, -0.2) is 44.8 Å². The second-order valence-electron chi connectivity index (χ2n) is 2.42. The van der Waals surface area contributed by atoms with Gasteiger partial charge in [-0.05, 0) is 13.6 Å². The van der Waals surface area contributed by atoms with Crippen molar-refractivity contribution in [1.29, 1.82) is 0 Å². The van der Waals surface area contributed by atoms with Crippen molar-refractivity contribution in [2.24, 2.45) is 5.73 Å². The second-order valence-corrected chi connectivity index (χ2v) is 2.42. The molecule has 0 aromatic carbocycles. The van der Waals surface area contributed by atoms with Crippen LogP contribution in [0.4, 0.5) is 0 Å². The van der Waals surface area contributed by atoms with Gasteiger partial charge >= 0.3 is 0 Å². The Bertz CT molecular complexity index is 78.0. The molecular formula is C7H18N2O. The van der Waals surface area contributed by atoms with Crippen molar-refractivity contribution in [2.45, 2.75) is 13.0 Å². The third kappa shape index (κ3) is 3.15. The van der Waals surface area contributed by atoms with Crippen molar-refractivity contribution in [2.75, 3.05) is 33.9 Å². The molecule has 3 heteroatoms. The van der Waals surface area contributed by atoms with E-state index in [0.29, 0.717) is 12.6 Å². The zero-order valence-electron chi connectivity index (χ0n) is 7.13. The molecule has 0 heterocycles. The van der Waals surface area contributed by atoms with Crippen molar-refractivity contribution >= 4 is 0 Å². The van der Waals surface area contributed by atoms with Gasteiger partial charge in [0.1, 0.15) is 0 Å². The van der Waals surface area contributed by atoms with Gasteiger partial charge in [-0.1, -0.05) is 6.92 Å². The molecule has 0 aliphatic heterocycles. The molecule has 3 nitrogen and oxygen atoms in total. The number of ether oxygens (including phenoxy) is 1. The van der Waals surface area contributed by atoms with Gasteiger partial charge in [-0.3, -0.25) is 0 Å².